The summed E-state index contributed by atoms with van der Waals surface area (Å²) in [6.45, 7) is 11.1. The Morgan fingerprint density at radius 3 is 2.74 bits per heavy atom. The molecule has 9 heteroatoms. The highest BCUT2D eigenvalue weighted by atomic mass is 32.2. The van der Waals surface area contributed by atoms with Crippen LogP contribution in [0.15, 0.2) is 22.1 Å². The van der Waals surface area contributed by atoms with Gasteiger partial charge in [-0.2, -0.15) is 0 Å². The number of anilines is 1. The molecule has 0 radical (unpaired) electrons. The van der Waals surface area contributed by atoms with Crippen molar-refractivity contribution in [3.05, 3.63) is 38.1 Å². The number of esters is 1. The first-order valence-electron chi connectivity index (χ1n) is 12.0. The summed E-state index contributed by atoms with van der Waals surface area (Å²) in [4.78, 5) is 28.4. The Morgan fingerprint density at radius 1 is 1.29 bits per heavy atom. The van der Waals surface area contributed by atoms with Crippen molar-refractivity contribution in [3.63, 3.8) is 0 Å². The topological polar surface area (TPSA) is 88.7 Å². The molecule has 2 aliphatic heterocycles. The zero-order valence-corrected chi connectivity index (χ0v) is 22.5. The first kappa shape index (κ1) is 26.8. The van der Waals surface area contributed by atoms with Crippen molar-refractivity contribution in [2.45, 2.75) is 65.6 Å². The van der Waals surface area contributed by atoms with Gasteiger partial charge in [0.05, 0.1) is 18.8 Å². The fourth-order valence-corrected chi connectivity index (χ4v) is 5.90. The summed E-state index contributed by atoms with van der Waals surface area (Å²) in [6, 6.07) is -0.327. The van der Waals surface area contributed by atoms with Crippen LogP contribution in [-0.2, 0) is 22.5 Å². The molecule has 0 aliphatic carbocycles. The van der Waals surface area contributed by atoms with Crippen molar-refractivity contribution in [3.8, 4) is 0 Å². The predicted octanol–water partition coefficient (Wildman–Crippen LogP) is 5.23. The number of thiophene rings is 1. The average molecular weight is 508 g/mol. The van der Waals surface area contributed by atoms with Gasteiger partial charge in [-0.15, -0.1) is 23.1 Å². The van der Waals surface area contributed by atoms with Crippen molar-refractivity contribution >= 4 is 40.1 Å². The minimum Gasteiger partial charge on any atom is -0.456 e. The minimum absolute atomic E-state index is 0.327. The fourth-order valence-electron chi connectivity index (χ4n) is 4.00. The summed E-state index contributed by atoms with van der Waals surface area (Å²) < 4.78 is 11.4. The Kier molecular flexibility index (Phi) is 9.65. The molecule has 3 rings (SSSR count). The molecule has 0 aromatic carbocycles. The number of rotatable bonds is 9. The molecule has 34 heavy (non-hydrogen) atoms. The van der Waals surface area contributed by atoms with E-state index in [1.807, 2.05) is 20.8 Å². The number of nitrogens with one attached hydrogen (secondary N) is 3. The molecule has 3 heterocycles. The van der Waals surface area contributed by atoms with Crippen LogP contribution < -0.4 is 16.0 Å². The van der Waals surface area contributed by atoms with E-state index in [1.165, 1.54) is 27.4 Å². The van der Waals surface area contributed by atoms with Crippen LogP contribution in [0.1, 0.15) is 67.8 Å². The molecule has 0 saturated carbocycles. The second-order valence-corrected chi connectivity index (χ2v) is 11.0. The van der Waals surface area contributed by atoms with Gasteiger partial charge in [0, 0.05) is 18.0 Å². The highest BCUT2D eigenvalue weighted by Gasteiger charge is 2.31. The fraction of sp³-hybridized carbons (Fsp3) is 0.600. The van der Waals surface area contributed by atoms with E-state index in [-0.39, 0.29) is 6.03 Å². The lowest BCUT2D eigenvalue weighted by atomic mass is 9.99. The van der Waals surface area contributed by atoms with E-state index < -0.39 is 11.6 Å². The number of hydrogen-bond donors (Lipinski definition) is 3. The molecule has 0 unspecified atom stereocenters. The molecule has 1 aromatic heterocycles. The lowest BCUT2D eigenvalue weighted by Gasteiger charge is -2.24. The number of carbonyl (C=O) groups is 2. The molecule has 0 bridgehead atoms. The van der Waals surface area contributed by atoms with Crippen LogP contribution >= 0.6 is 23.1 Å². The van der Waals surface area contributed by atoms with E-state index >= 15 is 0 Å². The molecule has 7 nitrogen and oxygen atoms in total. The molecule has 3 N–H and O–H groups in total. The van der Waals surface area contributed by atoms with E-state index in [0.29, 0.717) is 43.2 Å². The number of thioether (sulfide) groups is 1. The van der Waals surface area contributed by atoms with E-state index in [4.69, 9.17) is 9.47 Å². The minimum atomic E-state index is -0.576. The van der Waals surface area contributed by atoms with Gasteiger partial charge in [-0.05, 0) is 73.9 Å². The molecular weight excluding hydrogens is 470 g/mol. The molecule has 0 saturated heterocycles. The summed E-state index contributed by atoms with van der Waals surface area (Å²) in [7, 11) is 0. The summed E-state index contributed by atoms with van der Waals surface area (Å²) >= 11 is 3.13. The Labute approximate surface area is 211 Å². The second-order valence-electron chi connectivity index (χ2n) is 8.96. The molecule has 2 amide bonds. The van der Waals surface area contributed by atoms with E-state index in [2.05, 4.69) is 35.2 Å². The summed E-state index contributed by atoms with van der Waals surface area (Å²) in [5, 5.41) is 9.83. The SMILES string of the molecule is CC/C(SC)=C(\CNC(=O)Nc1sc2c(c1C(=O)OC(C)(C)CC)CCOC2)C1=CCNCC1. The second kappa shape index (κ2) is 12.2. The molecule has 0 spiro atoms. The maximum absolute atomic E-state index is 13.1. The van der Waals surface area contributed by atoms with Crippen LogP contribution in [0.5, 0.6) is 0 Å². The van der Waals surface area contributed by atoms with E-state index in [1.54, 1.807) is 11.8 Å². The Hall–Kier alpha value is -1.81. The standard InChI is InChI=1S/C25H37N3O4S2/c1-6-19(33-5)18(16-8-11-26-12-9-16)14-27-24(30)28-22-21(23(29)32-25(3,4)7-2)17-10-13-31-15-20(17)34-22/h8,26H,6-7,9-15H2,1-5H3,(H2,27,28,30)/b19-18-. The Bertz CT molecular complexity index is 960. The lowest BCUT2D eigenvalue weighted by molar-refractivity contribution is -0.00251. The van der Waals surface area contributed by atoms with Gasteiger partial charge in [-0.3, -0.25) is 5.32 Å². The Balaban J connectivity index is 1.78. The zero-order valence-electron chi connectivity index (χ0n) is 20.9. The zero-order chi connectivity index (χ0) is 24.7. The maximum Gasteiger partial charge on any atom is 0.341 e. The third kappa shape index (κ3) is 6.65. The highest BCUT2D eigenvalue weighted by Crippen LogP contribution is 2.38. The van der Waals surface area contributed by atoms with Gasteiger partial charge >= 0.3 is 12.0 Å². The first-order valence-corrected chi connectivity index (χ1v) is 14.0. The number of carbonyl (C=O) groups excluding carboxylic acids is 2. The average Bonchev–Trinajstić information content (AvgIpc) is 3.19. The normalized spacial score (nSPS) is 16.8. The third-order valence-electron chi connectivity index (χ3n) is 6.25. The monoisotopic (exact) mass is 507 g/mol. The van der Waals surface area contributed by atoms with Gasteiger partial charge < -0.3 is 20.1 Å². The largest absolute Gasteiger partial charge is 0.456 e. The van der Waals surface area contributed by atoms with Crippen LogP contribution in [0.2, 0.25) is 0 Å². The van der Waals surface area contributed by atoms with Gasteiger partial charge in [0.1, 0.15) is 10.6 Å². The molecule has 1 aromatic rings. The van der Waals surface area contributed by atoms with E-state index in [0.717, 1.165) is 36.4 Å². The third-order valence-corrected chi connectivity index (χ3v) is 8.40. The number of urea groups is 1. The van der Waals surface area contributed by atoms with Gasteiger partial charge in [0.2, 0.25) is 0 Å². The number of allylic oxidation sites excluding steroid dienone is 1. The van der Waals surface area contributed by atoms with Crippen molar-refractivity contribution in [2.24, 2.45) is 0 Å². The number of fused-ring (bicyclic) bond motifs is 1. The number of hydrogen-bond acceptors (Lipinski definition) is 7. The van der Waals surface area contributed by atoms with Crippen LogP contribution in [0.3, 0.4) is 0 Å². The van der Waals surface area contributed by atoms with Crippen LogP contribution in [0, 0.1) is 0 Å². The molecule has 0 fully saturated rings. The summed E-state index contributed by atoms with van der Waals surface area (Å²) in [5.74, 6) is -0.391. The quantitative estimate of drug-likeness (QED) is 0.397. The van der Waals surface area contributed by atoms with Gasteiger partial charge in [0.15, 0.2) is 0 Å². The smallest absolute Gasteiger partial charge is 0.341 e. The van der Waals surface area contributed by atoms with Crippen LogP contribution in [-0.4, -0.2) is 50.1 Å². The molecular formula is C25H37N3O4S2. The maximum atomic E-state index is 13.1. The van der Waals surface area contributed by atoms with E-state index in [9.17, 15) is 9.59 Å². The predicted molar refractivity (Wildman–Crippen MR) is 141 cm³/mol. The van der Waals surface area contributed by atoms with Crippen molar-refractivity contribution in [2.75, 3.05) is 37.8 Å². The molecule has 2 aliphatic rings. The van der Waals surface area contributed by atoms with Gasteiger partial charge in [-0.25, -0.2) is 9.59 Å². The lowest BCUT2D eigenvalue weighted by Crippen LogP contribution is -2.33. The van der Waals surface area contributed by atoms with Crippen LogP contribution in [0.4, 0.5) is 9.80 Å². The summed E-state index contributed by atoms with van der Waals surface area (Å²) in [5.41, 5.74) is 3.30. The highest BCUT2D eigenvalue weighted by molar-refractivity contribution is 8.02. The van der Waals surface area contributed by atoms with Gasteiger partial charge in [-0.1, -0.05) is 19.9 Å². The van der Waals surface area contributed by atoms with Crippen molar-refractivity contribution in [1.29, 1.82) is 0 Å². The first-order chi connectivity index (χ1) is 16.3. The Morgan fingerprint density at radius 2 is 2.09 bits per heavy atom. The summed E-state index contributed by atoms with van der Waals surface area (Å²) in [6.07, 6.45) is 7.49. The molecule has 0 atom stereocenters. The van der Waals surface area contributed by atoms with Crippen molar-refractivity contribution in [1.82, 2.24) is 10.6 Å². The van der Waals surface area contributed by atoms with Crippen LogP contribution in [0.25, 0.3) is 0 Å². The number of amides is 2. The van der Waals surface area contributed by atoms with Crippen molar-refractivity contribution < 1.29 is 19.1 Å². The number of ether oxygens (including phenoxy) is 2. The van der Waals surface area contributed by atoms with Gasteiger partial charge in [0.25, 0.3) is 0 Å². The molecule has 188 valence electrons.